The topological polar surface area (TPSA) is 101 Å². The minimum absolute atomic E-state index is 0.0274. The standard InChI is InChI=1S/C24H18ClN3O4/c25-21-11-5-4-10-20(21)23(29)27-22(12-6-9-17-7-2-1-3-8-17)24(30)26-18-13-15-19(16-14-18)28(31)32/h1-16H,(H,26,30)(H,27,29)/b9-6+,22-12+. The van der Waals surface area contributed by atoms with Gasteiger partial charge in [-0.2, -0.15) is 0 Å². The Morgan fingerprint density at radius 1 is 0.906 bits per heavy atom. The summed E-state index contributed by atoms with van der Waals surface area (Å²) in [7, 11) is 0. The van der Waals surface area contributed by atoms with Crippen LogP contribution in [-0.4, -0.2) is 16.7 Å². The van der Waals surface area contributed by atoms with E-state index in [2.05, 4.69) is 10.6 Å². The molecule has 0 heterocycles. The molecule has 0 unspecified atom stereocenters. The molecule has 0 bridgehead atoms. The van der Waals surface area contributed by atoms with E-state index in [1.54, 1.807) is 36.4 Å². The lowest BCUT2D eigenvalue weighted by Crippen LogP contribution is -2.31. The number of carbonyl (C=O) groups is 2. The van der Waals surface area contributed by atoms with Gasteiger partial charge in [0.2, 0.25) is 0 Å². The zero-order chi connectivity index (χ0) is 22.9. The number of nitrogens with zero attached hydrogens (tertiary/aromatic N) is 1. The van der Waals surface area contributed by atoms with Crippen molar-refractivity contribution in [3.63, 3.8) is 0 Å². The van der Waals surface area contributed by atoms with E-state index in [1.807, 2.05) is 30.3 Å². The van der Waals surface area contributed by atoms with Gasteiger partial charge in [-0.25, -0.2) is 0 Å². The molecule has 8 heteroatoms. The third-order valence-electron chi connectivity index (χ3n) is 4.30. The van der Waals surface area contributed by atoms with Crippen molar-refractivity contribution in [2.75, 3.05) is 5.32 Å². The Morgan fingerprint density at radius 2 is 1.56 bits per heavy atom. The van der Waals surface area contributed by atoms with Crippen molar-refractivity contribution in [2.24, 2.45) is 0 Å². The fraction of sp³-hybridized carbons (Fsp3) is 0. The second kappa shape index (κ2) is 10.7. The first-order valence-electron chi connectivity index (χ1n) is 9.49. The van der Waals surface area contributed by atoms with Crippen molar-refractivity contribution in [3.05, 3.63) is 123 Å². The maximum atomic E-state index is 12.8. The first-order valence-corrected chi connectivity index (χ1v) is 9.87. The minimum atomic E-state index is -0.600. The number of non-ortho nitro benzene ring substituents is 1. The summed E-state index contributed by atoms with van der Waals surface area (Å²) in [5.41, 5.74) is 1.34. The Hall–Kier alpha value is -4.23. The van der Waals surface area contributed by atoms with Gasteiger partial charge in [-0.3, -0.25) is 19.7 Å². The number of hydrogen-bond acceptors (Lipinski definition) is 4. The van der Waals surface area contributed by atoms with Gasteiger partial charge in [0.05, 0.1) is 15.5 Å². The van der Waals surface area contributed by atoms with Crippen molar-refractivity contribution in [3.8, 4) is 0 Å². The van der Waals surface area contributed by atoms with E-state index < -0.39 is 16.7 Å². The summed E-state index contributed by atoms with van der Waals surface area (Å²) in [4.78, 5) is 35.8. The van der Waals surface area contributed by atoms with Crippen LogP contribution < -0.4 is 10.6 Å². The van der Waals surface area contributed by atoms with Gasteiger partial charge in [-0.15, -0.1) is 0 Å². The Labute approximate surface area is 189 Å². The third kappa shape index (κ3) is 6.13. The molecule has 160 valence electrons. The average molecular weight is 448 g/mol. The van der Waals surface area contributed by atoms with Crippen molar-refractivity contribution in [1.82, 2.24) is 5.32 Å². The van der Waals surface area contributed by atoms with Gasteiger partial charge in [0.15, 0.2) is 0 Å². The van der Waals surface area contributed by atoms with E-state index in [1.165, 1.54) is 30.3 Å². The molecule has 0 aliphatic rings. The van der Waals surface area contributed by atoms with Gasteiger partial charge >= 0.3 is 0 Å². The van der Waals surface area contributed by atoms with Crippen LogP contribution in [0.3, 0.4) is 0 Å². The van der Waals surface area contributed by atoms with Crippen molar-refractivity contribution in [1.29, 1.82) is 0 Å². The van der Waals surface area contributed by atoms with E-state index in [9.17, 15) is 19.7 Å². The lowest BCUT2D eigenvalue weighted by atomic mass is 10.2. The lowest BCUT2D eigenvalue weighted by Gasteiger charge is -2.11. The highest BCUT2D eigenvalue weighted by atomic mass is 35.5. The van der Waals surface area contributed by atoms with Gasteiger partial charge in [-0.1, -0.05) is 66.2 Å². The van der Waals surface area contributed by atoms with Crippen molar-refractivity contribution in [2.45, 2.75) is 0 Å². The first-order chi connectivity index (χ1) is 15.4. The number of anilines is 1. The molecule has 3 rings (SSSR count). The van der Waals surface area contributed by atoms with Crippen LogP contribution in [0.4, 0.5) is 11.4 Å². The molecule has 0 atom stereocenters. The van der Waals surface area contributed by atoms with Gasteiger partial charge in [-0.05, 0) is 35.9 Å². The summed E-state index contributed by atoms with van der Waals surface area (Å²) in [6, 6.07) is 21.3. The minimum Gasteiger partial charge on any atom is -0.321 e. The molecule has 0 spiro atoms. The quantitative estimate of drug-likeness (QED) is 0.224. The van der Waals surface area contributed by atoms with Crippen LogP contribution in [0.2, 0.25) is 5.02 Å². The maximum Gasteiger partial charge on any atom is 0.272 e. The summed E-state index contributed by atoms with van der Waals surface area (Å²) >= 11 is 6.09. The molecule has 0 aliphatic heterocycles. The number of halogens is 1. The Kier molecular flexibility index (Phi) is 7.51. The predicted octanol–water partition coefficient (Wildman–Crippen LogP) is 5.21. The van der Waals surface area contributed by atoms with Gasteiger partial charge < -0.3 is 10.6 Å². The summed E-state index contributed by atoms with van der Waals surface area (Å²) < 4.78 is 0. The molecule has 2 N–H and O–H groups in total. The molecular weight excluding hydrogens is 430 g/mol. The molecule has 32 heavy (non-hydrogen) atoms. The van der Waals surface area contributed by atoms with Crippen LogP contribution in [-0.2, 0) is 4.79 Å². The largest absolute Gasteiger partial charge is 0.321 e. The molecule has 3 aromatic carbocycles. The molecule has 0 saturated carbocycles. The molecule has 0 aromatic heterocycles. The van der Waals surface area contributed by atoms with E-state index in [0.717, 1.165) is 5.56 Å². The van der Waals surface area contributed by atoms with Crippen LogP contribution in [0.25, 0.3) is 6.08 Å². The van der Waals surface area contributed by atoms with Crippen molar-refractivity contribution >= 4 is 40.9 Å². The zero-order valence-corrected chi connectivity index (χ0v) is 17.5. The lowest BCUT2D eigenvalue weighted by molar-refractivity contribution is -0.384. The van der Waals surface area contributed by atoms with Gasteiger partial charge in [0, 0.05) is 17.8 Å². The summed E-state index contributed by atoms with van der Waals surface area (Å²) in [5.74, 6) is -1.15. The van der Waals surface area contributed by atoms with Crippen LogP contribution in [0, 0.1) is 10.1 Å². The summed E-state index contributed by atoms with van der Waals surface area (Å²) in [6.07, 6.45) is 4.87. The number of amides is 2. The number of allylic oxidation sites excluding steroid dienone is 2. The highest BCUT2D eigenvalue weighted by Gasteiger charge is 2.16. The molecule has 0 radical (unpaired) electrons. The molecule has 7 nitrogen and oxygen atoms in total. The Morgan fingerprint density at radius 3 is 2.22 bits per heavy atom. The number of nitro groups is 1. The summed E-state index contributed by atoms with van der Waals surface area (Å²) in [5, 5.41) is 16.2. The highest BCUT2D eigenvalue weighted by molar-refractivity contribution is 6.34. The van der Waals surface area contributed by atoms with E-state index >= 15 is 0 Å². The van der Waals surface area contributed by atoms with E-state index in [0.29, 0.717) is 5.69 Å². The Balaban J connectivity index is 1.83. The third-order valence-corrected chi connectivity index (χ3v) is 4.63. The fourth-order valence-electron chi connectivity index (χ4n) is 2.69. The first kappa shape index (κ1) is 22.5. The fourth-order valence-corrected chi connectivity index (χ4v) is 2.92. The van der Waals surface area contributed by atoms with Gasteiger partial charge in [0.1, 0.15) is 5.70 Å². The number of nitrogens with one attached hydrogen (secondary N) is 2. The van der Waals surface area contributed by atoms with Gasteiger partial charge in [0.25, 0.3) is 17.5 Å². The molecular formula is C24H18ClN3O4. The normalized spacial score (nSPS) is 11.2. The molecule has 3 aromatic rings. The van der Waals surface area contributed by atoms with Crippen LogP contribution in [0.5, 0.6) is 0 Å². The van der Waals surface area contributed by atoms with E-state index in [4.69, 9.17) is 11.6 Å². The molecule has 0 fully saturated rings. The second-order valence-electron chi connectivity index (χ2n) is 6.54. The van der Waals surface area contributed by atoms with E-state index in [-0.39, 0.29) is 22.0 Å². The van der Waals surface area contributed by atoms with Crippen LogP contribution in [0.15, 0.2) is 96.7 Å². The predicted molar refractivity (Wildman–Crippen MR) is 124 cm³/mol. The number of hydrogen-bond donors (Lipinski definition) is 2. The molecule has 2 amide bonds. The van der Waals surface area contributed by atoms with Crippen molar-refractivity contribution < 1.29 is 14.5 Å². The number of nitro benzene ring substituents is 1. The smallest absolute Gasteiger partial charge is 0.272 e. The highest BCUT2D eigenvalue weighted by Crippen LogP contribution is 2.17. The Bertz CT molecular complexity index is 1190. The number of carbonyl (C=O) groups excluding carboxylic acids is 2. The van der Waals surface area contributed by atoms with Crippen LogP contribution in [0.1, 0.15) is 15.9 Å². The number of benzene rings is 3. The molecule has 0 aliphatic carbocycles. The average Bonchev–Trinajstić information content (AvgIpc) is 2.79. The monoisotopic (exact) mass is 447 g/mol. The summed E-state index contributed by atoms with van der Waals surface area (Å²) in [6.45, 7) is 0. The number of rotatable bonds is 7. The maximum absolute atomic E-state index is 12.8. The van der Waals surface area contributed by atoms with Crippen LogP contribution >= 0.6 is 11.6 Å². The second-order valence-corrected chi connectivity index (χ2v) is 6.95. The molecule has 0 saturated heterocycles. The zero-order valence-electron chi connectivity index (χ0n) is 16.7. The SMILES string of the molecule is O=C(Nc1ccc([N+](=O)[O-])cc1)/C(=C\C=C\c1ccccc1)NC(=O)c1ccccc1Cl.